The third-order valence-electron chi connectivity index (χ3n) is 5.07. The number of aryl methyl sites for hydroxylation is 1. The standard InChI is InChI=1S/C22H21FN4O/c1-16-6-2-3-7-17(16)20-14-21(25-15-24-20)26-10-12-27(13-11-26)22(28)18-8-4-5-9-19(18)23/h2-9,14-15H,10-13H2,1H3. The summed E-state index contributed by atoms with van der Waals surface area (Å²) in [5.41, 5.74) is 3.25. The summed E-state index contributed by atoms with van der Waals surface area (Å²) in [6.45, 7) is 4.40. The van der Waals surface area contributed by atoms with E-state index in [0.717, 1.165) is 22.6 Å². The summed E-state index contributed by atoms with van der Waals surface area (Å²) < 4.78 is 13.9. The summed E-state index contributed by atoms with van der Waals surface area (Å²) in [6.07, 6.45) is 1.58. The van der Waals surface area contributed by atoms with E-state index in [0.29, 0.717) is 26.2 Å². The first-order chi connectivity index (χ1) is 13.6. The zero-order valence-electron chi connectivity index (χ0n) is 15.7. The molecule has 1 aliphatic heterocycles. The van der Waals surface area contributed by atoms with Crippen LogP contribution in [0.3, 0.4) is 0 Å². The van der Waals surface area contributed by atoms with Crippen molar-refractivity contribution in [3.63, 3.8) is 0 Å². The van der Waals surface area contributed by atoms with E-state index >= 15 is 0 Å². The van der Waals surface area contributed by atoms with Gasteiger partial charge in [0.05, 0.1) is 11.3 Å². The van der Waals surface area contributed by atoms with Gasteiger partial charge in [-0.3, -0.25) is 4.79 Å². The van der Waals surface area contributed by atoms with Gasteiger partial charge >= 0.3 is 0 Å². The zero-order chi connectivity index (χ0) is 19.5. The number of carbonyl (C=O) groups is 1. The van der Waals surface area contributed by atoms with Gasteiger partial charge in [-0.25, -0.2) is 14.4 Å². The van der Waals surface area contributed by atoms with Crippen LogP contribution in [0.4, 0.5) is 10.2 Å². The average Bonchev–Trinajstić information content (AvgIpc) is 2.74. The number of piperazine rings is 1. The van der Waals surface area contributed by atoms with Crippen molar-refractivity contribution in [3.8, 4) is 11.3 Å². The molecule has 142 valence electrons. The van der Waals surface area contributed by atoms with Crippen molar-refractivity contribution in [2.45, 2.75) is 6.92 Å². The van der Waals surface area contributed by atoms with Gasteiger partial charge in [-0.05, 0) is 24.6 Å². The van der Waals surface area contributed by atoms with E-state index in [9.17, 15) is 9.18 Å². The van der Waals surface area contributed by atoms with Crippen molar-refractivity contribution in [3.05, 3.63) is 77.9 Å². The predicted molar refractivity (Wildman–Crippen MR) is 107 cm³/mol. The lowest BCUT2D eigenvalue weighted by molar-refractivity contribution is 0.0742. The Morgan fingerprint density at radius 1 is 0.964 bits per heavy atom. The molecule has 1 aromatic heterocycles. The van der Waals surface area contributed by atoms with Crippen LogP contribution in [0.5, 0.6) is 0 Å². The first-order valence-corrected chi connectivity index (χ1v) is 9.30. The van der Waals surface area contributed by atoms with E-state index in [1.54, 1.807) is 23.4 Å². The molecular formula is C22H21FN4O. The molecular weight excluding hydrogens is 355 g/mol. The van der Waals surface area contributed by atoms with Crippen LogP contribution in [-0.2, 0) is 0 Å². The molecule has 0 N–H and O–H groups in total. The number of rotatable bonds is 3. The number of halogens is 1. The Labute approximate surface area is 163 Å². The molecule has 3 aromatic rings. The van der Waals surface area contributed by atoms with Gasteiger partial charge in [0.15, 0.2) is 0 Å². The Kier molecular flexibility index (Phi) is 5.02. The zero-order valence-corrected chi connectivity index (χ0v) is 15.7. The van der Waals surface area contributed by atoms with Crippen molar-refractivity contribution < 1.29 is 9.18 Å². The highest BCUT2D eigenvalue weighted by Gasteiger charge is 2.24. The van der Waals surface area contributed by atoms with Crippen LogP contribution in [-0.4, -0.2) is 47.0 Å². The lowest BCUT2D eigenvalue weighted by Gasteiger charge is -2.35. The number of amides is 1. The molecule has 28 heavy (non-hydrogen) atoms. The number of benzene rings is 2. The molecule has 1 aliphatic rings. The van der Waals surface area contributed by atoms with Crippen LogP contribution in [0.1, 0.15) is 15.9 Å². The molecule has 2 heterocycles. The number of hydrogen-bond acceptors (Lipinski definition) is 4. The van der Waals surface area contributed by atoms with Gasteiger partial charge in [0.2, 0.25) is 0 Å². The van der Waals surface area contributed by atoms with Crippen LogP contribution in [0.25, 0.3) is 11.3 Å². The van der Waals surface area contributed by atoms with Crippen LogP contribution in [0, 0.1) is 12.7 Å². The molecule has 0 aliphatic carbocycles. The van der Waals surface area contributed by atoms with Crippen LogP contribution in [0.2, 0.25) is 0 Å². The Morgan fingerprint density at radius 3 is 2.43 bits per heavy atom. The van der Waals surface area contributed by atoms with Crippen molar-refractivity contribution in [2.24, 2.45) is 0 Å². The van der Waals surface area contributed by atoms with Gasteiger partial charge in [0.25, 0.3) is 5.91 Å². The molecule has 0 bridgehead atoms. The smallest absolute Gasteiger partial charge is 0.256 e. The lowest BCUT2D eigenvalue weighted by Crippen LogP contribution is -2.49. The van der Waals surface area contributed by atoms with E-state index in [4.69, 9.17) is 0 Å². The molecule has 0 saturated carbocycles. The maximum atomic E-state index is 13.9. The van der Waals surface area contributed by atoms with E-state index in [1.807, 2.05) is 24.3 Å². The van der Waals surface area contributed by atoms with Crippen molar-refractivity contribution >= 4 is 11.7 Å². The molecule has 1 saturated heterocycles. The minimum atomic E-state index is -0.478. The minimum absolute atomic E-state index is 0.125. The average molecular weight is 376 g/mol. The first-order valence-electron chi connectivity index (χ1n) is 9.30. The maximum Gasteiger partial charge on any atom is 0.256 e. The van der Waals surface area contributed by atoms with Gasteiger partial charge in [0, 0.05) is 37.8 Å². The molecule has 2 aromatic carbocycles. The van der Waals surface area contributed by atoms with Crippen LogP contribution >= 0.6 is 0 Å². The van der Waals surface area contributed by atoms with E-state index in [1.165, 1.54) is 12.1 Å². The fraction of sp³-hybridized carbons (Fsp3) is 0.227. The van der Waals surface area contributed by atoms with E-state index in [2.05, 4.69) is 27.9 Å². The predicted octanol–water partition coefficient (Wildman–Crippen LogP) is 3.55. The van der Waals surface area contributed by atoms with Crippen molar-refractivity contribution in [1.29, 1.82) is 0 Å². The molecule has 0 unspecified atom stereocenters. The van der Waals surface area contributed by atoms with Gasteiger partial charge in [0.1, 0.15) is 18.0 Å². The Morgan fingerprint density at radius 2 is 1.68 bits per heavy atom. The second-order valence-electron chi connectivity index (χ2n) is 6.84. The number of aromatic nitrogens is 2. The Balaban J connectivity index is 1.47. The Hall–Kier alpha value is -3.28. The summed E-state index contributed by atoms with van der Waals surface area (Å²) in [5, 5.41) is 0. The minimum Gasteiger partial charge on any atom is -0.353 e. The summed E-state index contributed by atoms with van der Waals surface area (Å²) in [4.78, 5) is 25.2. The molecule has 0 atom stereocenters. The molecule has 0 radical (unpaired) electrons. The topological polar surface area (TPSA) is 49.3 Å². The highest BCUT2D eigenvalue weighted by molar-refractivity contribution is 5.94. The van der Waals surface area contributed by atoms with Crippen molar-refractivity contribution in [2.75, 3.05) is 31.1 Å². The normalized spacial score (nSPS) is 14.2. The quantitative estimate of drug-likeness (QED) is 0.701. The third kappa shape index (κ3) is 3.58. The lowest BCUT2D eigenvalue weighted by atomic mass is 10.1. The van der Waals surface area contributed by atoms with Gasteiger partial charge < -0.3 is 9.80 Å². The SMILES string of the molecule is Cc1ccccc1-c1cc(N2CCN(C(=O)c3ccccc3F)CC2)ncn1. The molecule has 6 heteroatoms. The molecule has 5 nitrogen and oxygen atoms in total. The summed E-state index contributed by atoms with van der Waals surface area (Å²) in [5.74, 6) is 0.0980. The number of hydrogen-bond donors (Lipinski definition) is 0. The van der Waals surface area contributed by atoms with Gasteiger partial charge in [-0.1, -0.05) is 36.4 Å². The number of anilines is 1. The van der Waals surface area contributed by atoms with E-state index in [-0.39, 0.29) is 11.5 Å². The molecule has 1 amide bonds. The maximum absolute atomic E-state index is 13.9. The molecule has 0 spiro atoms. The molecule has 4 rings (SSSR count). The number of carbonyl (C=O) groups excluding carboxylic acids is 1. The van der Waals surface area contributed by atoms with Crippen LogP contribution < -0.4 is 4.90 Å². The molecule has 1 fully saturated rings. The fourth-order valence-corrected chi connectivity index (χ4v) is 3.47. The second kappa shape index (κ2) is 7.76. The summed E-state index contributed by atoms with van der Waals surface area (Å²) in [6, 6.07) is 16.2. The van der Waals surface area contributed by atoms with Crippen molar-refractivity contribution in [1.82, 2.24) is 14.9 Å². The number of nitrogens with zero attached hydrogens (tertiary/aromatic N) is 4. The van der Waals surface area contributed by atoms with E-state index < -0.39 is 5.82 Å². The summed E-state index contributed by atoms with van der Waals surface area (Å²) >= 11 is 0. The fourth-order valence-electron chi connectivity index (χ4n) is 3.47. The van der Waals surface area contributed by atoms with Gasteiger partial charge in [-0.2, -0.15) is 0 Å². The summed E-state index contributed by atoms with van der Waals surface area (Å²) in [7, 11) is 0. The van der Waals surface area contributed by atoms with Crippen LogP contribution in [0.15, 0.2) is 60.9 Å². The van der Waals surface area contributed by atoms with Gasteiger partial charge in [-0.15, -0.1) is 0 Å². The highest BCUT2D eigenvalue weighted by atomic mass is 19.1. The second-order valence-corrected chi connectivity index (χ2v) is 6.84. The third-order valence-corrected chi connectivity index (χ3v) is 5.07. The highest BCUT2D eigenvalue weighted by Crippen LogP contribution is 2.24. The monoisotopic (exact) mass is 376 g/mol. The first kappa shape index (κ1) is 18.1. The Bertz CT molecular complexity index is 999. The largest absolute Gasteiger partial charge is 0.353 e.